The van der Waals surface area contributed by atoms with Crippen molar-refractivity contribution in [1.29, 1.82) is 5.26 Å². The fourth-order valence-electron chi connectivity index (χ4n) is 1.84. The number of rotatable bonds is 3. The van der Waals surface area contributed by atoms with Gasteiger partial charge in [-0.2, -0.15) is 5.26 Å². The molecule has 2 N–H and O–H groups in total. The van der Waals surface area contributed by atoms with Crippen LogP contribution in [0.4, 0.5) is 0 Å². The molecule has 2 rings (SSSR count). The number of carbonyl (C=O) groups is 1. The first-order valence-corrected chi connectivity index (χ1v) is 4.54. The predicted octanol–water partition coefficient (Wildman–Crippen LogP) is -0.472. The summed E-state index contributed by atoms with van der Waals surface area (Å²) in [5.74, 6) is -0.605. The molecule has 0 spiro atoms. The summed E-state index contributed by atoms with van der Waals surface area (Å²) in [5, 5.41) is 20.7. The van der Waals surface area contributed by atoms with E-state index in [1.165, 1.54) is 6.20 Å². The van der Waals surface area contributed by atoms with Gasteiger partial charge in [-0.3, -0.25) is 4.79 Å². The highest BCUT2D eigenvalue weighted by Crippen LogP contribution is 2.27. The Hall–Kier alpha value is -1.87. The summed E-state index contributed by atoms with van der Waals surface area (Å²) in [5.41, 5.74) is -0.520. The summed E-state index contributed by atoms with van der Waals surface area (Å²) in [7, 11) is 0. The number of aliphatic carboxylic acids is 1. The van der Waals surface area contributed by atoms with E-state index < -0.39 is 11.5 Å². The van der Waals surface area contributed by atoms with Gasteiger partial charge in [0, 0.05) is 25.5 Å². The van der Waals surface area contributed by atoms with E-state index in [2.05, 4.69) is 10.3 Å². The van der Waals surface area contributed by atoms with Gasteiger partial charge in [0.25, 0.3) is 0 Å². The molecule has 1 aliphatic heterocycles. The van der Waals surface area contributed by atoms with Gasteiger partial charge in [-0.05, 0) is 0 Å². The fourth-order valence-corrected chi connectivity index (χ4v) is 1.84. The average Bonchev–Trinajstić information content (AvgIpc) is 2.58. The van der Waals surface area contributed by atoms with Gasteiger partial charge in [0.15, 0.2) is 0 Å². The van der Waals surface area contributed by atoms with Crippen molar-refractivity contribution >= 4 is 5.97 Å². The second-order valence-electron chi connectivity index (χ2n) is 3.63. The summed E-state index contributed by atoms with van der Waals surface area (Å²) in [6, 6.07) is 1.95. The van der Waals surface area contributed by atoms with Crippen molar-refractivity contribution in [3.8, 4) is 6.07 Å². The maximum absolute atomic E-state index is 10.8. The van der Waals surface area contributed by atoms with Crippen LogP contribution in [0.3, 0.4) is 0 Å². The number of nitrogens with zero attached hydrogens (tertiary/aromatic N) is 3. The van der Waals surface area contributed by atoms with Gasteiger partial charge in [0.1, 0.15) is 6.07 Å². The maximum atomic E-state index is 10.8. The van der Waals surface area contributed by atoms with Crippen molar-refractivity contribution in [2.75, 3.05) is 13.1 Å². The molecule has 15 heavy (non-hydrogen) atoms. The quantitative estimate of drug-likeness (QED) is 0.697. The van der Waals surface area contributed by atoms with Crippen molar-refractivity contribution in [2.45, 2.75) is 12.0 Å². The topological polar surface area (TPSA) is 90.9 Å². The predicted molar refractivity (Wildman–Crippen MR) is 50.0 cm³/mol. The van der Waals surface area contributed by atoms with Gasteiger partial charge in [-0.25, -0.2) is 4.98 Å². The van der Waals surface area contributed by atoms with Crippen LogP contribution in [0.5, 0.6) is 0 Å². The molecule has 1 saturated heterocycles. The number of nitrogens with one attached hydrogen (secondary N) is 1. The number of hydrogen-bond donors (Lipinski definition) is 2. The molecule has 78 valence electrons. The molecule has 1 aliphatic rings. The largest absolute Gasteiger partial charge is 0.481 e. The molecular formula is C9H10N4O2. The Bertz CT molecular complexity index is 428. The fraction of sp³-hybridized carbons (Fsp3) is 0.444. The normalized spacial score (nSPS) is 17.8. The van der Waals surface area contributed by atoms with Crippen LogP contribution in [0.1, 0.15) is 12.2 Å². The molecular weight excluding hydrogens is 196 g/mol. The third kappa shape index (κ3) is 1.47. The Morgan fingerprint density at radius 1 is 1.80 bits per heavy atom. The van der Waals surface area contributed by atoms with Gasteiger partial charge < -0.3 is 15.0 Å². The van der Waals surface area contributed by atoms with E-state index in [9.17, 15) is 4.79 Å². The summed E-state index contributed by atoms with van der Waals surface area (Å²) < 4.78 is 1.65. The first-order valence-electron chi connectivity index (χ1n) is 4.54. The SMILES string of the molecule is N#Cc1nccn1C1(CC(=O)O)CNC1. The number of imidazole rings is 1. The first kappa shape index (κ1) is 9.68. The number of carboxylic acids is 1. The van der Waals surface area contributed by atoms with Crippen LogP contribution in [0.2, 0.25) is 0 Å². The third-order valence-electron chi connectivity index (χ3n) is 2.64. The number of nitriles is 1. The van der Waals surface area contributed by atoms with Crippen LogP contribution in [0.25, 0.3) is 0 Å². The summed E-state index contributed by atoms with van der Waals surface area (Å²) in [6.07, 6.45) is 3.17. The highest BCUT2D eigenvalue weighted by atomic mass is 16.4. The zero-order chi connectivity index (χ0) is 10.9. The number of aromatic nitrogens is 2. The van der Waals surface area contributed by atoms with E-state index in [-0.39, 0.29) is 12.2 Å². The van der Waals surface area contributed by atoms with Crippen molar-refractivity contribution in [2.24, 2.45) is 0 Å². The van der Waals surface area contributed by atoms with E-state index in [0.29, 0.717) is 13.1 Å². The minimum atomic E-state index is -0.867. The molecule has 0 radical (unpaired) electrons. The number of carboxylic acid groups (broad SMARTS) is 1. The van der Waals surface area contributed by atoms with E-state index in [1.807, 2.05) is 6.07 Å². The van der Waals surface area contributed by atoms with Crippen molar-refractivity contribution in [3.63, 3.8) is 0 Å². The highest BCUT2D eigenvalue weighted by molar-refractivity contribution is 5.68. The van der Waals surface area contributed by atoms with Crippen LogP contribution in [0.15, 0.2) is 12.4 Å². The molecule has 2 heterocycles. The van der Waals surface area contributed by atoms with E-state index in [4.69, 9.17) is 10.4 Å². The van der Waals surface area contributed by atoms with E-state index >= 15 is 0 Å². The van der Waals surface area contributed by atoms with Gasteiger partial charge in [-0.15, -0.1) is 0 Å². The lowest BCUT2D eigenvalue weighted by Crippen LogP contribution is -2.61. The summed E-state index contributed by atoms with van der Waals surface area (Å²) >= 11 is 0. The smallest absolute Gasteiger partial charge is 0.305 e. The average molecular weight is 206 g/mol. The van der Waals surface area contributed by atoms with Crippen molar-refractivity contribution in [3.05, 3.63) is 18.2 Å². The third-order valence-corrected chi connectivity index (χ3v) is 2.64. The molecule has 0 aliphatic carbocycles. The zero-order valence-corrected chi connectivity index (χ0v) is 7.97. The van der Waals surface area contributed by atoms with Crippen LogP contribution >= 0.6 is 0 Å². The highest BCUT2D eigenvalue weighted by Gasteiger charge is 2.42. The Kier molecular flexibility index (Phi) is 2.17. The molecule has 6 nitrogen and oxygen atoms in total. The Morgan fingerprint density at radius 3 is 3.00 bits per heavy atom. The molecule has 0 saturated carbocycles. The lowest BCUT2D eigenvalue weighted by atomic mass is 9.88. The molecule has 6 heteroatoms. The lowest BCUT2D eigenvalue weighted by Gasteiger charge is -2.42. The van der Waals surface area contributed by atoms with Gasteiger partial charge in [-0.1, -0.05) is 0 Å². The van der Waals surface area contributed by atoms with Crippen molar-refractivity contribution in [1.82, 2.24) is 14.9 Å². The van der Waals surface area contributed by atoms with Gasteiger partial charge in [0.2, 0.25) is 5.82 Å². The second-order valence-corrected chi connectivity index (χ2v) is 3.63. The summed E-state index contributed by atoms with van der Waals surface area (Å²) in [4.78, 5) is 14.6. The maximum Gasteiger partial charge on any atom is 0.305 e. The number of hydrogen-bond acceptors (Lipinski definition) is 4. The molecule has 0 aromatic carbocycles. The molecule has 0 amide bonds. The van der Waals surface area contributed by atoms with Crippen LogP contribution < -0.4 is 5.32 Å². The minimum absolute atomic E-state index is 0.00500. The molecule has 1 aromatic rings. The molecule has 1 fully saturated rings. The Morgan fingerprint density at radius 2 is 2.53 bits per heavy atom. The van der Waals surface area contributed by atoms with Gasteiger partial charge in [0.05, 0.1) is 12.0 Å². The van der Waals surface area contributed by atoms with Crippen LogP contribution in [-0.4, -0.2) is 33.7 Å². The molecule has 0 atom stereocenters. The Balaban J connectivity index is 2.34. The van der Waals surface area contributed by atoms with Crippen LogP contribution in [-0.2, 0) is 10.3 Å². The lowest BCUT2D eigenvalue weighted by molar-refractivity contribution is -0.140. The van der Waals surface area contributed by atoms with E-state index in [0.717, 1.165) is 0 Å². The monoisotopic (exact) mass is 206 g/mol. The zero-order valence-electron chi connectivity index (χ0n) is 7.97. The molecule has 0 unspecified atom stereocenters. The molecule has 1 aromatic heterocycles. The second kappa shape index (κ2) is 3.37. The van der Waals surface area contributed by atoms with Gasteiger partial charge >= 0.3 is 5.97 Å². The molecule has 0 bridgehead atoms. The summed E-state index contributed by atoms with van der Waals surface area (Å²) in [6.45, 7) is 1.12. The van der Waals surface area contributed by atoms with Crippen LogP contribution in [0, 0.1) is 11.3 Å². The Labute approximate surface area is 86.2 Å². The standard InChI is InChI=1S/C9H10N4O2/c10-4-7-12-1-2-13(7)9(3-8(14)15)5-11-6-9/h1-2,11H,3,5-6H2,(H,14,15). The van der Waals surface area contributed by atoms with E-state index in [1.54, 1.807) is 10.8 Å². The van der Waals surface area contributed by atoms with Crippen molar-refractivity contribution < 1.29 is 9.90 Å². The first-order chi connectivity index (χ1) is 7.18. The minimum Gasteiger partial charge on any atom is -0.481 e.